The van der Waals surface area contributed by atoms with Gasteiger partial charge in [-0.25, -0.2) is 0 Å². The molecule has 0 aliphatic carbocycles. The Morgan fingerprint density at radius 3 is 2.29 bits per heavy atom. The average Bonchev–Trinajstić information content (AvgIpc) is 2.30. The summed E-state index contributed by atoms with van der Waals surface area (Å²) in [6.07, 6.45) is 4.18. The fourth-order valence-electron chi connectivity index (χ4n) is 2.54. The zero-order valence-electron chi connectivity index (χ0n) is 11.9. The molecular weight excluding hydrogens is 210 g/mol. The fraction of sp³-hybridized carbons (Fsp3) is 1.00. The van der Waals surface area contributed by atoms with E-state index in [-0.39, 0.29) is 0 Å². The van der Waals surface area contributed by atoms with Gasteiger partial charge < -0.3 is 16.0 Å². The summed E-state index contributed by atoms with van der Waals surface area (Å²) >= 11 is 0. The first-order valence-corrected chi connectivity index (χ1v) is 7.29. The van der Waals surface area contributed by atoms with Crippen LogP contribution in [0.2, 0.25) is 0 Å². The van der Waals surface area contributed by atoms with E-state index in [1.165, 1.54) is 38.9 Å². The van der Waals surface area contributed by atoms with Crippen LogP contribution in [0.15, 0.2) is 0 Å². The van der Waals surface area contributed by atoms with E-state index >= 15 is 0 Å². The number of hydrogen-bond acceptors (Lipinski definition) is 3. The molecule has 0 spiro atoms. The van der Waals surface area contributed by atoms with Crippen molar-refractivity contribution in [2.75, 3.05) is 32.7 Å². The maximum Gasteiger partial charge on any atom is 0.0166 e. The number of hydrogen-bond donors (Lipinski definition) is 2. The van der Waals surface area contributed by atoms with Gasteiger partial charge in [-0.3, -0.25) is 0 Å². The SMILES string of the molecule is CC(CN1CCCCC1)NCC(CN)C(C)C. The van der Waals surface area contributed by atoms with Crippen molar-refractivity contribution in [1.82, 2.24) is 10.2 Å². The second-order valence-corrected chi connectivity index (χ2v) is 5.91. The summed E-state index contributed by atoms with van der Waals surface area (Å²) in [7, 11) is 0. The molecule has 1 rings (SSSR count). The summed E-state index contributed by atoms with van der Waals surface area (Å²) in [5, 5.41) is 3.64. The summed E-state index contributed by atoms with van der Waals surface area (Å²) in [5.41, 5.74) is 5.79. The fourth-order valence-corrected chi connectivity index (χ4v) is 2.54. The summed E-state index contributed by atoms with van der Waals surface area (Å²) in [6.45, 7) is 12.4. The molecule has 0 aromatic rings. The molecule has 2 atom stereocenters. The Hall–Kier alpha value is -0.120. The minimum Gasteiger partial charge on any atom is -0.330 e. The number of nitrogens with two attached hydrogens (primary N) is 1. The molecule has 0 radical (unpaired) electrons. The first-order valence-electron chi connectivity index (χ1n) is 7.29. The normalized spacial score (nSPS) is 21.7. The van der Waals surface area contributed by atoms with Gasteiger partial charge in [0.2, 0.25) is 0 Å². The molecule has 1 saturated heterocycles. The summed E-state index contributed by atoms with van der Waals surface area (Å²) in [4.78, 5) is 2.59. The van der Waals surface area contributed by atoms with Gasteiger partial charge in [0.25, 0.3) is 0 Å². The Balaban J connectivity index is 2.17. The Labute approximate surface area is 107 Å². The third-order valence-corrected chi connectivity index (χ3v) is 3.95. The largest absolute Gasteiger partial charge is 0.330 e. The van der Waals surface area contributed by atoms with Crippen molar-refractivity contribution in [2.24, 2.45) is 17.6 Å². The quantitative estimate of drug-likeness (QED) is 0.712. The van der Waals surface area contributed by atoms with Crippen molar-refractivity contribution in [3.8, 4) is 0 Å². The number of piperidine rings is 1. The molecule has 0 amide bonds. The standard InChI is InChI=1S/C14H31N3/c1-12(2)14(9-15)10-16-13(3)11-17-7-5-4-6-8-17/h12-14,16H,4-11,15H2,1-3H3. The lowest BCUT2D eigenvalue weighted by Crippen LogP contribution is -2.44. The molecule has 0 aromatic heterocycles. The lowest BCUT2D eigenvalue weighted by molar-refractivity contribution is 0.205. The van der Waals surface area contributed by atoms with Gasteiger partial charge in [-0.2, -0.15) is 0 Å². The molecular formula is C14H31N3. The van der Waals surface area contributed by atoms with E-state index in [1.807, 2.05) is 0 Å². The molecule has 1 fully saturated rings. The molecule has 3 nitrogen and oxygen atoms in total. The predicted molar refractivity (Wildman–Crippen MR) is 75.1 cm³/mol. The number of likely N-dealkylation sites (tertiary alicyclic amines) is 1. The number of nitrogens with one attached hydrogen (secondary N) is 1. The summed E-state index contributed by atoms with van der Waals surface area (Å²) in [6, 6.07) is 0.584. The predicted octanol–water partition coefficient (Wildman–Crippen LogP) is 1.68. The minimum absolute atomic E-state index is 0.584. The highest BCUT2D eigenvalue weighted by atomic mass is 15.1. The van der Waals surface area contributed by atoms with E-state index in [2.05, 4.69) is 31.0 Å². The molecule has 3 heteroatoms. The Morgan fingerprint density at radius 2 is 1.76 bits per heavy atom. The average molecular weight is 241 g/mol. The third kappa shape index (κ3) is 5.84. The van der Waals surface area contributed by atoms with Crippen LogP contribution in [0.5, 0.6) is 0 Å². The molecule has 102 valence electrons. The van der Waals surface area contributed by atoms with Crippen molar-refractivity contribution in [3.05, 3.63) is 0 Å². The van der Waals surface area contributed by atoms with Crippen molar-refractivity contribution >= 4 is 0 Å². The Bertz CT molecular complexity index is 188. The van der Waals surface area contributed by atoms with Crippen molar-refractivity contribution in [1.29, 1.82) is 0 Å². The van der Waals surface area contributed by atoms with Crippen LogP contribution in [0.4, 0.5) is 0 Å². The minimum atomic E-state index is 0.584. The van der Waals surface area contributed by atoms with Gasteiger partial charge in [0.15, 0.2) is 0 Å². The van der Waals surface area contributed by atoms with Crippen molar-refractivity contribution < 1.29 is 0 Å². The van der Waals surface area contributed by atoms with Crippen LogP contribution in [0.1, 0.15) is 40.0 Å². The van der Waals surface area contributed by atoms with Crippen LogP contribution in [-0.2, 0) is 0 Å². The van der Waals surface area contributed by atoms with Crippen molar-refractivity contribution in [3.63, 3.8) is 0 Å². The Morgan fingerprint density at radius 1 is 1.12 bits per heavy atom. The van der Waals surface area contributed by atoms with Crippen LogP contribution in [0.3, 0.4) is 0 Å². The van der Waals surface area contributed by atoms with Gasteiger partial charge in [0, 0.05) is 12.6 Å². The number of rotatable bonds is 7. The molecule has 17 heavy (non-hydrogen) atoms. The van der Waals surface area contributed by atoms with Crippen LogP contribution in [-0.4, -0.2) is 43.7 Å². The Kier molecular flexibility index (Phi) is 7.09. The molecule has 1 aliphatic heterocycles. The third-order valence-electron chi connectivity index (χ3n) is 3.95. The molecule has 0 saturated carbocycles. The molecule has 3 N–H and O–H groups in total. The molecule has 0 aromatic carbocycles. The van der Waals surface area contributed by atoms with Crippen molar-refractivity contribution in [2.45, 2.75) is 46.1 Å². The second kappa shape index (κ2) is 8.06. The second-order valence-electron chi connectivity index (χ2n) is 5.91. The summed E-state index contributed by atoms with van der Waals surface area (Å²) in [5.74, 6) is 1.29. The van der Waals surface area contributed by atoms with Gasteiger partial charge in [-0.15, -0.1) is 0 Å². The van der Waals surface area contributed by atoms with Crippen LogP contribution >= 0.6 is 0 Å². The molecule has 2 unspecified atom stereocenters. The first kappa shape index (κ1) is 14.9. The topological polar surface area (TPSA) is 41.3 Å². The zero-order chi connectivity index (χ0) is 12.7. The van der Waals surface area contributed by atoms with E-state index in [0.29, 0.717) is 17.9 Å². The lowest BCUT2D eigenvalue weighted by atomic mass is 9.96. The van der Waals surface area contributed by atoms with E-state index in [0.717, 1.165) is 13.1 Å². The zero-order valence-corrected chi connectivity index (χ0v) is 11.9. The highest BCUT2D eigenvalue weighted by Gasteiger charge is 2.15. The molecule has 1 aliphatic rings. The highest BCUT2D eigenvalue weighted by molar-refractivity contribution is 4.74. The van der Waals surface area contributed by atoms with Gasteiger partial charge in [-0.1, -0.05) is 20.3 Å². The highest BCUT2D eigenvalue weighted by Crippen LogP contribution is 2.10. The van der Waals surface area contributed by atoms with Gasteiger partial charge >= 0.3 is 0 Å². The maximum absolute atomic E-state index is 5.79. The van der Waals surface area contributed by atoms with Crippen LogP contribution in [0.25, 0.3) is 0 Å². The molecule has 1 heterocycles. The monoisotopic (exact) mass is 241 g/mol. The van der Waals surface area contributed by atoms with Crippen LogP contribution in [0, 0.1) is 11.8 Å². The van der Waals surface area contributed by atoms with E-state index in [4.69, 9.17) is 5.73 Å². The van der Waals surface area contributed by atoms with E-state index in [1.54, 1.807) is 0 Å². The smallest absolute Gasteiger partial charge is 0.0166 e. The number of nitrogens with zero attached hydrogens (tertiary/aromatic N) is 1. The van der Waals surface area contributed by atoms with Crippen LogP contribution < -0.4 is 11.1 Å². The van der Waals surface area contributed by atoms with E-state index in [9.17, 15) is 0 Å². The maximum atomic E-state index is 5.79. The summed E-state index contributed by atoms with van der Waals surface area (Å²) < 4.78 is 0. The van der Waals surface area contributed by atoms with E-state index < -0.39 is 0 Å². The lowest BCUT2D eigenvalue weighted by Gasteiger charge is -2.30. The van der Waals surface area contributed by atoms with Gasteiger partial charge in [0.05, 0.1) is 0 Å². The first-order chi connectivity index (χ1) is 8.13. The van der Waals surface area contributed by atoms with Gasteiger partial charge in [-0.05, 0) is 57.8 Å². The van der Waals surface area contributed by atoms with Gasteiger partial charge in [0.1, 0.15) is 0 Å². The molecule has 0 bridgehead atoms.